The molecule has 1 heterocycles. The first kappa shape index (κ1) is 17.2. The van der Waals surface area contributed by atoms with E-state index in [4.69, 9.17) is 0 Å². The van der Waals surface area contributed by atoms with E-state index >= 15 is 0 Å². The van der Waals surface area contributed by atoms with Crippen molar-refractivity contribution in [1.29, 1.82) is 0 Å². The summed E-state index contributed by atoms with van der Waals surface area (Å²) in [6.45, 7) is 2.00. The highest BCUT2D eigenvalue weighted by Crippen LogP contribution is 2.21. The second kappa shape index (κ2) is 7.92. The van der Waals surface area contributed by atoms with Crippen LogP contribution in [0.3, 0.4) is 0 Å². The van der Waals surface area contributed by atoms with Gasteiger partial charge in [-0.2, -0.15) is 0 Å². The minimum Gasteiger partial charge on any atom is -0.340 e. The van der Waals surface area contributed by atoms with Crippen LogP contribution in [0.5, 0.6) is 0 Å². The highest BCUT2D eigenvalue weighted by atomic mass is 19.1. The van der Waals surface area contributed by atoms with Crippen LogP contribution in [0.25, 0.3) is 0 Å². The van der Waals surface area contributed by atoms with Crippen LogP contribution in [0.2, 0.25) is 0 Å². The molecule has 1 aliphatic heterocycles. The Labute approximate surface area is 135 Å². The van der Waals surface area contributed by atoms with Crippen LogP contribution >= 0.6 is 0 Å². The fourth-order valence-corrected chi connectivity index (χ4v) is 2.56. The number of halogens is 1. The first-order valence-corrected chi connectivity index (χ1v) is 7.85. The molecule has 1 aliphatic rings. The van der Waals surface area contributed by atoms with Crippen molar-refractivity contribution >= 4 is 17.6 Å². The third kappa shape index (κ3) is 5.21. The molecule has 0 saturated carbocycles. The van der Waals surface area contributed by atoms with E-state index < -0.39 is 0 Å². The second-order valence-electron chi connectivity index (χ2n) is 6.09. The molecular formula is C16H24FN4O2+. The largest absolute Gasteiger partial charge is 0.340 e. The molecule has 1 fully saturated rings. The van der Waals surface area contributed by atoms with Gasteiger partial charge >= 0.3 is 6.03 Å². The van der Waals surface area contributed by atoms with Crippen LogP contribution in [0.1, 0.15) is 12.8 Å². The van der Waals surface area contributed by atoms with Crippen molar-refractivity contribution in [1.82, 2.24) is 10.6 Å². The summed E-state index contributed by atoms with van der Waals surface area (Å²) < 4.78 is 12.9. The Morgan fingerprint density at radius 3 is 2.70 bits per heavy atom. The van der Waals surface area contributed by atoms with Crippen LogP contribution < -0.4 is 20.4 Å². The molecule has 2 rings (SSSR count). The van der Waals surface area contributed by atoms with Crippen molar-refractivity contribution in [2.75, 3.05) is 38.6 Å². The zero-order chi connectivity index (χ0) is 16.8. The highest BCUT2D eigenvalue weighted by molar-refractivity contribution is 5.96. The van der Waals surface area contributed by atoms with E-state index in [0.717, 1.165) is 13.0 Å². The van der Waals surface area contributed by atoms with Crippen LogP contribution in [0.15, 0.2) is 24.3 Å². The Morgan fingerprint density at radius 2 is 2.04 bits per heavy atom. The van der Waals surface area contributed by atoms with Gasteiger partial charge in [-0.05, 0) is 24.3 Å². The molecule has 0 bridgehead atoms. The van der Waals surface area contributed by atoms with Crippen LogP contribution in [0.4, 0.5) is 14.9 Å². The summed E-state index contributed by atoms with van der Waals surface area (Å²) in [5, 5.41) is 5.61. The SMILES string of the molecule is C[NH+](C)CCCNC(=O)N[C@@H]1CC(=O)N(c2ccc(F)cc2)C1. The lowest BCUT2D eigenvalue weighted by Crippen LogP contribution is -3.05. The van der Waals surface area contributed by atoms with Gasteiger partial charge in [-0.3, -0.25) is 4.79 Å². The molecule has 0 spiro atoms. The molecule has 3 N–H and O–H groups in total. The van der Waals surface area contributed by atoms with E-state index in [9.17, 15) is 14.0 Å². The van der Waals surface area contributed by atoms with Gasteiger partial charge in [-0.1, -0.05) is 0 Å². The molecule has 1 atom stereocenters. The number of carbonyl (C=O) groups excluding carboxylic acids is 2. The fourth-order valence-electron chi connectivity index (χ4n) is 2.56. The quantitative estimate of drug-likeness (QED) is 0.633. The van der Waals surface area contributed by atoms with Gasteiger partial charge in [0.1, 0.15) is 5.82 Å². The smallest absolute Gasteiger partial charge is 0.315 e. The summed E-state index contributed by atoms with van der Waals surface area (Å²) in [6.07, 6.45) is 1.16. The van der Waals surface area contributed by atoms with Gasteiger partial charge < -0.3 is 20.4 Å². The maximum Gasteiger partial charge on any atom is 0.315 e. The lowest BCUT2D eigenvalue weighted by molar-refractivity contribution is -0.858. The van der Waals surface area contributed by atoms with Crippen molar-refractivity contribution in [3.05, 3.63) is 30.1 Å². The number of benzene rings is 1. The maximum atomic E-state index is 12.9. The lowest BCUT2D eigenvalue weighted by Gasteiger charge is -2.17. The first-order chi connectivity index (χ1) is 11.0. The second-order valence-corrected chi connectivity index (χ2v) is 6.09. The van der Waals surface area contributed by atoms with Gasteiger partial charge in [-0.15, -0.1) is 0 Å². The molecule has 7 heteroatoms. The van der Waals surface area contributed by atoms with Crippen LogP contribution in [-0.2, 0) is 4.79 Å². The third-order valence-electron chi connectivity index (χ3n) is 3.74. The number of amides is 3. The molecule has 0 unspecified atom stereocenters. The number of hydrogen-bond donors (Lipinski definition) is 3. The summed E-state index contributed by atoms with van der Waals surface area (Å²) >= 11 is 0. The molecule has 0 aromatic heterocycles. The molecular weight excluding hydrogens is 299 g/mol. The summed E-state index contributed by atoms with van der Waals surface area (Å²) in [4.78, 5) is 26.8. The number of quaternary nitrogens is 1. The Hall–Kier alpha value is -2.15. The standard InChI is InChI=1S/C16H23FN4O2/c1-20(2)9-3-8-18-16(23)19-13-10-15(22)21(11-13)14-6-4-12(17)5-7-14/h4-7,13H,3,8-11H2,1-2H3,(H2,18,19,23)/p+1/t13-/m1/s1. The van der Waals surface area contributed by atoms with E-state index in [2.05, 4.69) is 24.7 Å². The molecule has 1 aromatic carbocycles. The molecule has 23 heavy (non-hydrogen) atoms. The molecule has 126 valence electrons. The van der Waals surface area contributed by atoms with Gasteiger partial charge in [0.25, 0.3) is 0 Å². The molecule has 6 nitrogen and oxygen atoms in total. The van der Waals surface area contributed by atoms with Gasteiger partial charge in [0.2, 0.25) is 5.91 Å². The Kier molecular flexibility index (Phi) is 5.92. The number of nitrogens with one attached hydrogen (secondary N) is 3. The van der Waals surface area contributed by atoms with Gasteiger partial charge in [0.05, 0.1) is 26.7 Å². The molecule has 3 amide bonds. The van der Waals surface area contributed by atoms with Gasteiger partial charge in [0.15, 0.2) is 0 Å². The average molecular weight is 323 g/mol. The lowest BCUT2D eigenvalue weighted by atomic mass is 10.2. The van der Waals surface area contributed by atoms with E-state index in [0.29, 0.717) is 18.8 Å². The summed E-state index contributed by atoms with van der Waals surface area (Å²) in [7, 11) is 4.13. The normalized spacial score (nSPS) is 17.7. The number of rotatable bonds is 6. The van der Waals surface area contributed by atoms with Crippen molar-refractivity contribution in [2.24, 2.45) is 0 Å². The Balaban J connectivity index is 1.78. The highest BCUT2D eigenvalue weighted by Gasteiger charge is 2.31. The fraction of sp³-hybridized carbons (Fsp3) is 0.500. The topological polar surface area (TPSA) is 65.9 Å². The zero-order valence-corrected chi connectivity index (χ0v) is 13.6. The monoisotopic (exact) mass is 323 g/mol. The maximum absolute atomic E-state index is 12.9. The summed E-state index contributed by atoms with van der Waals surface area (Å²) in [5.74, 6) is -0.410. The molecule has 1 aromatic rings. The van der Waals surface area contributed by atoms with E-state index in [1.807, 2.05) is 0 Å². The number of hydrogen-bond acceptors (Lipinski definition) is 2. The van der Waals surface area contributed by atoms with Crippen molar-refractivity contribution < 1.29 is 18.9 Å². The Morgan fingerprint density at radius 1 is 1.35 bits per heavy atom. The minimum absolute atomic E-state index is 0.0712. The molecule has 0 radical (unpaired) electrons. The Bertz CT molecular complexity index is 548. The number of urea groups is 1. The van der Waals surface area contributed by atoms with Crippen molar-refractivity contribution in [3.8, 4) is 0 Å². The molecule has 1 saturated heterocycles. The van der Waals surface area contributed by atoms with Crippen LogP contribution in [-0.4, -0.2) is 51.7 Å². The predicted octanol–water partition coefficient (Wildman–Crippen LogP) is -0.235. The summed E-state index contributed by atoms with van der Waals surface area (Å²) in [5.41, 5.74) is 0.648. The van der Waals surface area contributed by atoms with E-state index in [1.54, 1.807) is 17.0 Å². The number of carbonyl (C=O) groups is 2. The summed E-state index contributed by atoms with van der Waals surface area (Å²) in [6, 6.07) is 5.30. The van der Waals surface area contributed by atoms with E-state index in [1.165, 1.54) is 17.0 Å². The van der Waals surface area contributed by atoms with E-state index in [-0.39, 0.29) is 30.2 Å². The molecule has 0 aliphatic carbocycles. The zero-order valence-electron chi connectivity index (χ0n) is 13.6. The predicted molar refractivity (Wildman–Crippen MR) is 86.0 cm³/mol. The third-order valence-corrected chi connectivity index (χ3v) is 3.74. The van der Waals surface area contributed by atoms with Crippen LogP contribution in [0, 0.1) is 5.82 Å². The van der Waals surface area contributed by atoms with Crippen molar-refractivity contribution in [3.63, 3.8) is 0 Å². The number of anilines is 1. The average Bonchev–Trinajstić information content (AvgIpc) is 2.85. The number of nitrogens with zero attached hydrogens (tertiary/aromatic N) is 1. The van der Waals surface area contributed by atoms with Gasteiger partial charge in [-0.25, -0.2) is 9.18 Å². The van der Waals surface area contributed by atoms with Gasteiger partial charge in [0, 0.05) is 31.6 Å². The minimum atomic E-state index is -0.339. The first-order valence-electron chi connectivity index (χ1n) is 7.85. The van der Waals surface area contributed by atoms with Crippen molar-refractivity contribution in [2.45, 2.75) is 18.9 Å².